The minimum absolute atomic E-state index is 0.0669. The molecule has 3 aromatic rings. The van der Waals surface area contributed by atoms with E-state index in [-0.39, 0.29) is 11.8 Å². The Balaban J connectivity index is 1.59. The van der Waals surface area contributed by atoms with Gasteiger partial charge in [-0.15, -0.1) is 0 Å². The minimum atomic E-state index is -0.0669. The summed E-state index contributed by atoms with van der Waals surface area (Å²) >= 11 is 0. The first kappa shape index (κ1) is 17.2. The van der Waals surface area contributed by atoms with Gasteiger partial charge in [-0.1, -0.05) is 13.0 Å². The Morgan fingerprint density at radius 1 is 1.41 bits per heavy atom. The number of carbonyl (C=O) groups excluding carboxylic acids is 1. The molecule has 0 spiro atoms. The molecule has 0 aliphatic heterocycles. The molecular weight excluding hydrogens is 338 g/mol. The second-order valence-electron chi connectivity index (χ2n) is 7.15. The minimum Gasteiger partial charge on any atom is -0.307 e. The molecule has 1 atom stereocenters. The number of imidazole rings is 1. The number of rotatable bonds is 5. The van der Waals surface area contributed by atoms with Crippen molar-refractivity contribution >= 4 is 22.9 Å². The van der Waals surface area contributed by atoms with Crippen molar-refractivity contribution in [2.45, 2.75) is 44.6 Å². The molecule has 0 saturated heterocycles. The number of hydrogen-bond acceptors (Lipinski definition) is 4. The van der Waals surface area contributed by atoms with Crippen LogP contribution in [-0.2, 0) is 4.79 Å². The summed E-state index contributed by atoms with van der Waals surface area (Å²) in [6.45, 7) is 2.02. The van der Waals surface area contributed by atoms with Crippen molar-refractivity contribution in [3.8, 4) is 6.07 Å². The summed E-state index contributed by atoms with van der Waals surface area (Å²) in [7, 11) is 0. The summed E-state index contributed by atoms with van der Waals surface area (Å²) in [5.41, 5.74) is 3.36. The highest BCUT2D eigenvalue weighted by atomic mass is 16.1. The maximum Gasteiger partial charge on any atom is 0.227 e. The smallest absolute Gasteiger partial charge is 0.227 e. The maximum absolute atomic E-state index is 12.6. The van der Waals surface area contributed by atoms with Gasteiger partial charge < -0.3 is 4.57 Å². The third kappa shape index (κ3) is 3.41. The molecule has 1 aliphatic rings. The zero-order valence-corrected chi connectivity index (χ0v) is 15.2. The van der Waals surface area contributed by atoms with Crippen molar-refractivity contribution in [2.75, 3.05) is 5.32 Å². The van der Waals surface area contributed by atoms with Crippen LogP contribution in [0.2, 0.25) is 0 Å². The highest BCUT2D eigenvalue weighted by Gasteiger charge is 2.26. The topological polar surface area (TPSA) is 83.6 Å². The fourth-order valence-corrected chi connectivity index (χ4v) is 3.50. The largest absolute Gasteiger partial charge is 0.307 e. The van der Waals surface area contributed by atoms with Crippen LogP contribution in [0.1, 0.15) is 55.7 Å². The van der Waals surface area contributed by atoms with Crippen LogP contribution < -0.4 is 5.32 Å². The van der Waals surface area contributed by atoms with Crippen molar-refractivity contribution in [2.24, 2.45) is 0 Å². The van der Waals surface area contributed by atoms with Crippen molar-refractivity contribution in [1.82, 2.24) is 14.5 Å². The number of carbonyl (C=O) groups is 1. The van der Waals surface area contributed by atoms with Gasteiger partial charge in [-0.3, -0.25) is 15.1 Å². The monoisotopic (exact) mass is 359 g/mol. The lowest BCUT2D eigenvalue weighted by Gasteiger charge is -2.29. The first-order valence-corrected chi connectivity index (χ1v) is 9.27. The Morgan fingerprint density at radius 2 is 2.26 bits per heavy atom. The van der Waals surface area contributed by atoms with Crippen molar-refractivity contribution in [1.29, 1.82) is 5.26 Å². The Kier molecular flexibility index (Phi) is 4.59. The normalized spacial score (nSPS) is 15.1. The molecule has 1 aliphatic carbocycles. The average molecular weight is 359 g/mol. The van der Waals surface area contributed by atoms with Gasteiger partial charge in [0.1, 0.15) is 0 Å². The number of pyridine rings is 1. The summed E-state index contributed by atoms with van der Waals surface area (Å²) in [6.07, 6.45) is 7.20. The Hall–Kier alpha value is -3.20. The standard InChI is InChI=1S/C21H21N5O/c1-14(16-4-3-9-23-13-16)10-20(27)25-21-24-18-8-7-15(12-22)11-19(18)26(21)17-5-2-6-17/h3-4,7-9,11,13-14,17H,2,5-6,10H2,1H3,(H,24,25,27)/t14-/m1/s1. The van der Waals surface area contributed by atoms with Crippen LogP contribution in [0.3, 0.4) is 0 Å². The summed E-state index contributed by atoms with van der Waals surface area (Å²) in [6, 6.07) is 11.8. The molecule has 4 rings (SSSR count). The molecule has 6 heteroatoms. The molecule has 0 unspecified atom stereocenters. The third-order valence-corrected chi connectivity index (χ3v) is 5.25. The van der Waals surface area contributed by atoms with Gasteiger partial charge in [-0.05, 0) is 55.0 Å². The number of amides is 1. The highest BCUT2D eigenvalue weighted by Crippen LogP contribution is 2.37. The second-order valence-corrected chi connectivity index (χ2v) is 7.15. The Morgan fingerprint density at radius 3 is 2.93 bits per heavy atom. The molecule has 1 aromatic carbocycles. The van der Waals surface area contributed by atoms with E-state index in [4.69, 9.17) is 0 Å². The molecule has 2 aromatic heterocycles. The highest BCUT2D eigenvalue weighted by molar-refractivity contribution is 5.92. The summed E-state index contributed by atoms with van der Waals surface area (Å²) in [5, 5.41) is 12.2. The fourth-order valence-electron chi connectivity index (χ4n) is 3.50. The molecule has 1 amide bonds. The van der Waals surface area contributed by atoms with Gasteiger partial charge in [-0.2, -0.15) is 5.26 Å². The molecule has 1 N–H and O–H groups in total. The first-order valence-electron chi connectivity index (χ1n) is 9.27. The van der Waals surface area contributed by atoms with E-state index in [9.17, 15) is 10.1 Å². The van der Waals surface area contributed by atoms with Gasteiger partial charge in [0.15, 0.2) is 0 Å². The van der Waals surface area contributed by atoms with E-state index in [1.807, 2.05) is 31.2 Å². The number of aromatic nitrogens is 3. The van der Waals surface area contributed by atoms with Gasteiger partial charge in [0.25, 0.3) is 0 Å². The predicted molar refractivity (Wildman–Crippen MR) is 103 cm³/mol. The molecule has 1 fully saturated rings. The fraction of sp³-hybridized carbons (Fsp3) is 0.333. The van der Waals surface area contributed by atoms with Crippen molar-refractivity contribution in [3.05, 3.63) is 53.9 Å². The molecule has 1 saturated carbocycles. The maximum atomic E-state index is 12.6. The number of nitrogens with zero attached hydrogens (tertiary/aromatic N) is 4. The molecule has 2 heterocycles. The number of hydrogen-bond donors (Lipinski definition) is 1. The molecular formula is C21H21N5O. The van der Waals surface area contributed by atoms with Gasteiger partial charge in [0.2, 0.25) is 11.9 Å². The molecule has 27 heavy (non-hydrogen) atoms. The van der Waals surface area contributed by atoms with E-state index >= 15 is 0 Å². The van der Waals surface area contributed by atoms with Crippen molar-refractivity contribution in [3.63, 3.8) is 0 Å². The number of nitrogens with one attached hydrogen (secondary N) is 1. The van der Waals surface area contributed by atoms with Crippen LogP contribution in [0.5, 0.6) is 0 Å². The second kappa shape index (κ2) is 7.20. The lowest BCUT2D eigenvalue weighted by Crippen LogP contribution is -2.22. The van der Waals surface area contributed by atoms with Crippen molar-refractivity contribution < 1.29 is 4.79 Å². The van der Waals surface area contributed by atoms with E-state index in [1.165, 1.54) is 6.42 Å². The van der Waals surface area contributed by atoms with Crippen LogP contribution in [0, 0.1) is 11.3 Å². The Labute approximate surface area is 157 Å². The molecule has 0 bridgehead atoms. The Bertz CT molecular complexity index is 1010. The van der Waals surface area contributed by atoms with E-state index < -0.39 is 0 Å². The predicted octanol–water partition coefficient (Wildman–Crippen LogP) is 4.16. The van der Waals surface area contributed by atoms with Crippen LogP contribution in [0.25, 0.3) is 11.0 Å². The van der Waals surface area contributed by atoms with Crippen LogP contribution >= 0.6 is 0 Å². The quantitative estimate of drug-likeness (QED) is 0.741. The van der Waals surface area contributed by atoms with Gasteiger partial charge in [0, 0.05) is 24.9 Å². The summed E-state index contributed by atoms with van der Waals surface area (Å²) in [5.74, 6) is 0.585. The van der Waals surface area contributed by atoms with Crippen LogP contribution in [0.15, 0.2) is 42.7 Å². The SMILES string of the molecule is C[C@H](CC(=O)Nc1nc2ccc(C#N)cc2n1C1CCC1)c1cccnc1. The van der Waals surface area contributed by atoms with E-state index in [0.717, 1.165) is 29.4 Å². The van der Waals surface area contributed by atoms with E-state index in [1.54, 1.807) is 18.5 Å². The van der Waals surface area contributed by atoms with Gasteiger partial charge in [-0.25, -0.2) is 4.98 Å². The summed E-state index contributed by atoms with van der Waals surface area (Å²) in [4.78, 5) is 21.4. The van der Waals surface area contributed by atoms with Crippen LogP contribution in [-0.4, -0.2) is 20.4 Å². The average Bonchev–Trinajstić information content (AvgIpc) is 2.98. The number of fused-ring (bicyclic) bond motifs is 1. The number of nitriles is 1. The molecule has 136 valence electrons. The molecule has 0 radical (unpaired) electrons. The zero-order chi connectivity index (χ0) is 18.8. The molecule has 6 nitrogen and oxygen atoms in total. The first-order chi connectivity index (χ1) is 13.2. The lowest BCUT2D eigenvalue weighted by atomic mass is 9.92. The van der Waals surface area contributed by atoms with Crippen LogP contribution in [0.4, 0.5) is 5.95 Å². The summed E-state index contributed by atoms with van der Waals surface area (Å²) < 4.78 is 2.09. The number of benzene rings is 1. The van der Waals surface area contributed by atoms with Gasteiger partial charge >= 0.3 is 0 Å². The van der Waals surface area contributed by atoms with Gasteiger partial charge in [0.05, 0.1) is 22.7 Å². The lowest BCUT2D eigenvalue weighted by molar-refractivity contribution is -0.116. The van der Waals surface area contributed by atoms with E-state index in [2.05, 4.69) is 25.9 Å². The van der Waals surface area contributed by atoms with E-state index in [0.29, 0.717) is 24.0 Å². The zero-order valence-electron chi connectivity index (χ0n) is 15.2. The number of anilines is 1. The third-order valence-electron chi connectivity index (χ3n) is 5.25.